The number of nitrogens with zero attached hydrogens (tertiary/aromatic N) is 1. The summed E-state index contributed by atoms with van der Waals surface area (Å²) in [6.07, 6.45) is 2.55. The molecule has 0 saturated heterocycles. The largest absolute Gasteiger partial charge is 0.462 e. The van der Waals surface area contributed by atoms with E-state index in [2.05, 4.69) is 0 Å². The molecule has 0 radical (unpaired) electrons. The molecule has 0 atom stereocenters. The maximum Gasteiger partial charge on any atom is 0.340 e. The molecule has 0 amide bonds. The number of fused-ring (bicyclic) bond motifs is 1. The second kappa shape index (κ2) is 5.85. The zero-order valence-electron chi connectivity index (χ0n) is 12.2. The third-order valence-corrected chi connectivity index (χ3v) is 3.54. The molecule has 0 unspecified atom stereocenters. The van der Waals surface area contributed by atoms with Gasteiger partial charge in [0.15, 0.2) is 6.29 Å². The number of carbonyl (C=O) groups excluding carboxylic acids is 2. The summed E-state index contributed by atoms with van der Waals surface area (Å²) < 4.78 is 6.91. The molecule has 4 heteroatoms. The van der Waals surface area contributed by atoms with E-state index in [1.165, 1.54) is 0 Å². The number of benzene rings is 1. The molecular weight excluding hydrogens is 278 g/mol. The van der Waals surface area contributed by atoms with E-state index >= 15 is 0 Å². The Morgan fingerprint density at radius 3 is 2.55 bits per heavy atom. The van der Waals surface area contributed by atoms with Gasteiger partial charge in [0.25, 0.3) is 0 Å². The highest BCUT2D eigenvalue weighted by Gasteiger charge is 2.24. The van der Waals surface area contributed by atoms with Crippen LogP contribution in [0.5, 0.6) is 0 Å². The minimum Gasteiger partial charge on any atom is -0.462 e. The Labute approximate surface area is 128 Å². The first-order valence-corrected chi connectivity index (χ1v) is 7.08. The van der Waals surface area contributed by atoms with Crippen LogP contribution in [0.15, 0.2) is 54.7 Å². The summed E-state index contributed by atoms with van der Waals surface area (Å²) in [4.78, 5) is 24.1. The van der Waals surface area contributed by atoms with Crippen molar-refractivity contribution in [3.8, 4) is 11.1 Å². The molecule has 0 saturated carbocycles. The summed E-state index contributed by atoms with van der Waals surface area (Å²) in [6.45, 7) is 2.05. The van der Waals surface area contributed by atoms with Gasteiger partial charge >= 0.3 is 5.97 Å². The van der Waals surface area contributed by atoms with Crippen molar-refractivity contribution in [2.75, 3.05) is 6.61 Å². The summed E-state index contributed by atoms with van der Waals surface area (Å²) in [7, 11) is 0. The van der Waals surface area contributed by atoms with E-state index in [0.29, 0.717) is 22.3 Å². The normalized spacial score (nSPS) is 10.6. The van der Waals surface area contributed by atoms with E-state index in [1.807, 2.05) is 48.5 Å². The predicted octanol–water partition coefficient (Wildman–Crippen LogP) is 3.60. The predicted molar refractivity (Wildman–Crippen MR) is 84.2 cm³/mol. The van der Waals surface area contributed by atoms with E-state index in [9.17, 15) is 9.59 Å². The van der Waals surface area contributed by atoms with Crippen LogP contribution in [-0.2, 0) is 4.74 Å². The van der Waals surface area contributed by atoms with Gasteiger partial charge in [0.2, 0.25) is 0 Å². The van der Waals surface area contributed by atoms with Crippen LogP contribution in [0.3, 0.4) is 0 Å². The van der Waals surface area contributed by atoms with Crippen molar-refractivity contribution in [3.63, 3.8) is 0 Å². The van der Waals surface area contributed by atoms with Crippen molar-refractivity contribution < 1.29 is 14.3 Å². The zero-order valence-corrected chi connectivity index (χ0v) is 12.2. The summed E-state index contributed by atoms with van der Waals surface area (Å²) in [6, 6.07) is 14.9. The molecule has 0 aliphatic carbocycles. The Morgan fingerprint density at radius 1 is 1.14 bits per heavy atom. The minimum atomic E-state index is -0.418. The first kappa shape index (κ1) is 14.1. The number of hydrogen-bond acceptors (Lipinski definition) is 3. The number of hydrogen-bond donors (Lipinski definition) is 0. The molecule has 0 bridgehead atoms. The van der Waals surface area contributed by atoms with Crippen LogP contribution < -0.4 is 0 Å². The van der Waals surface area contributed by atoms with E-state index in [4.69, 9.17) is 4.74 Å². The van der Waals surface area contributed by atoms with Gasteiger partial charge in [-0.3, -0.25) is 4.79 Å². The molecule has 3 rings (SSSR count). The topological polar surface area (TPSA) is 47.8 Å². The Hall–Kier alpha value is -2.88. The van der Waals surface area contributed by atoms with E-state index in [0.717, 1.165) is 11.8 Å². The number of ether oxygens (including phenoxy) is 1. The van der Waals surface area contributed by atoms with Crippen LogP contribution in [-0.4, -0.2) is 23.3 Å². The highest BCUT2D eigenvalue weighted by molar-refractivity contribution is 6.09. The van der Waals surface area contributed by atoms with Crippen molar-refractivity contribution in [2.24, 2.45) is 0 Å². The molecule has 3 aromatic rings. The first-order chi connectivity index (χ1) is 10.8. The van der Waals surface area contributed by atoms with E-state index < -0.39 is 5.97 Å². The summed E-state index contributed by atoms with van der Waals surface area (Å²) in [5.74, 6) is -0.418. The number of rotatable bonds is 4. The molecule has 2 aromatic heterocycles. The monoisotopic (exact) mass is 293 g/mol. The van der Waals surface area contributed by atoms with Gasteiger partial charge in [0.1, 0.15) is 0 Å². The first-order valence-electron chi connectivity index (χ1n) is 7.08. The maximum absolute atomic E-state index is 12.4. The van der Waals surface area contributed by atoms with Crippen molar-refractivity contribution in [2.45, 2.75) is 6.92 Å². The quantitative estimate of drug-likeness (QED) is 0.545. The minimum absolute atomic E-state index is 0.285. The number of carbonyl (C=O) groups is 2. The van der Waals surface area contributed by atoms with Gasteiger partial charge in [-0.25, -0.2) is 4.79 Å². The Balaban J connectivity index is 2.39. The molecule has 110 valence electrons. The van der Waals surface area contributed by atoms with Gasteiger partial charge < -0.3 is 9.14 Å². The average Bonchev–Trinajstić information content (AvgIpc) is 2.90. The van der Waals surface area contributed by atoms with Crippen LogP contribution in [0.25, 0.3) is 16.6 Å². The molecule has 0 spiro atoms. The lowest BCUT2D eigenvalue weighted by molar-refractivity contribution is 0.0529. The molecule has 0 fully saturated rings. The Bertz CT molecular complexity index is 834. The lowest BCUT2D eigenvalue weighted by Gasteiger charge is -2.05. The van der Waals surface area contributed by atoms with Crippen LogP contribution >= 0.6 is 0 Å². The summed E-state index contributed by atoms with van der Waals surface area (Å²) in [5, 5.41) is 0. The Kier molecular flexibility index (Phi) is 3.74. The standard InChI is InChI=1S/C18H15NO3/c1-2-22-18(21)17-14-10-6-7-11-19(14)15(12-20)16(17)13-8-4-3-5-9-13/h3-12H,2H2,1H3. The SMILES string of the molecule is CCOC(=O)c1c(-c2ccccc2)c(C=O)n2ccccc12. The summed E-state index contributed by atoms with van der Waals surface area (Å²) in [5.41, 5.74) is 2.97. The van der Waals surface area contributed by atoms with E-state index in [1.54, 1.807) is 17.5 Å². The maximum atomic E-state index is 12.4. The fourth-order valence-corrected chi connectivity index (χ4v) is 2.66. The molecular formula is C18H15NO3. The van der Waals surface area contributed by atoms with Crippen molar-refractivity contribution in [1.29, 1.82) is 0 Å². The molecule has 22 heavy (non-hydrogen) atoms. The third-order valence-electron chi connectivity index (χ3n) is 3.54. The molecule has 1 aromatic carbocycles. The smallest absolute Gasteiger partial charge is 0.340 e. The average molecular weight is 293 g/mol. The zero-order chi connectivity index (χ0) is 15.5. The summed E-state index contributed by atoms with van der Waals surface area (Å²) >= 11 is 0. The molecule has 2 heterocycles. The molecule has 0 aliphatic heterocycles. The number of aromatic nitrogens is 1. The molecule has 0 N–H and O–H groups in total. The van der Waals surface area contributed by atoms with E-state index in [-0.39, 0.29) is 6.61 Å². The van der Waals surface area contributed by atoms with Gasteiger partial charge in [-0.15, -0.1) is 0 Å². The van der Waals surface area contributed by atoms with Crippen molar-refractivity contribution >= 4 is 17.8 Å². The van der Waals surface area contributed by atoms with Crippen LogP contribution in [0, 0.1) is 0 Å². The van der Waals surface area contributed by atoms with Crippen molar-refractivity contribution in [3.05, 3.63) is 66.0 Å². The van der Waals surface area contributed by atoms with Crippen LogP contribution in [0.1, 0.15) is 27.8 Å². The van der Waals surface area contributed by atoms with Gasteiger partial charge in [0, 0.05) is 11.8 Å². The molecule has 0 aliphatic rings. The van der Waals surface area contributed by atoms with Gasteiger partial charge in [-0.05, 0) is 24.6 Å². The second-order valence-corrected chi connectivity index (χ2v) is 4.80. The highest BCUT2D eigenvalue weighted by atomic mass is 16.5. The number of esters is 1. The van der Waals surface area contributed by atoms with Crippen LogP contribution in [0.4, 0.5) is 0 Å². The lowest BCUT2D eigenvalue weighted by atomic mass is 10.0. The van der Waals surface area contributed by atoms with Gasteiger partial charge in [0.05, 0.1) is 23.4 Å². The third kappa shape index (κ3) is 2.19. The number of aldehydes is 1. The van der Waals surface area contributed by atoms with Crippen molar-refractivity contribution in [1.82, 2.24) is 4.40 Å². The fourth-order valence-electron chi connectivity index (χ4n) is 2.66. The van der Waals surface area contributed by atoms with Gasteiger partial charge in [-0.1, -0.05) is 36.4 Å². The molecule has 4 nitrogen and oxygen atoms in total. The second-order valence-electron chi connectivity index (χ2n) is 4.80. The number of pyridine rings is 1. The highest BCUT2D eigenvalue weighted by Crippen LogP contribution is 2.33. The lowest BCUT2D eigenvalue weighted by Crippen LogP contribution is -2.05. The van der Waals surface area contributed by atoms with Crippen LogP contribution in [0.2, 0.25) is 0 Å². The Morgan fingerprint density at radius 2 is 1.86 bits per heavy atom. The van der Waals surface area contributed by atoms with Gasteiger partial charge in [-0.2, -0.15) is 0 Å². The fraction of sp³-hybridized carbons (Fsp3) is 0.111.